The Morgan fingerprint density at radius 3 is 2.65 bits per heavy atom. The highest BCUT2D eigenvalue weighted by Crippen LogP contribution is 2.53. The van der Waals surface area contributed by atoms with Crippen LogP contribution in [0.1, 0.15) is 31.2 Å². The molecule has 122 valence electrons. The van der Waals surface area contributed by atoms with Gasteiger partial charge in [0.15, 0.2) is 0 Å². The zero-order valence-electron chi connectivity index (χ0n) is 13.3. The molecule has 5 nitrogen and oxygen atoms in total. The summed E-state index contributed by atoms with van der Waals surface area (Å²) in [5.74, 6) is 0.603. The lowest BCUT2D eigenvalue weighted by molar-refractivity contribution is -0.130. The van der Waals surface area contributed by atoms with Gasteiger partial charge in [0, 0.05) is 19.6 Å². The highest BCUT2D eigenvalue weighted by molar-refractivity contribution is 6.01. The van der Waals surface area contributed by atoms with Gasteiger partial charge in [0.25, 0.3) is 0 Å². The molecule has 0 spiro atoms. The van der Waals surface area contributed by atoms with E-state index in [1.807, 2.05) is 0 Å². The van der Waals surface area contributed by atoms with E-state index in [2.05, 4.69) is 40.5 Å². The van der Waals surface area contributed by atoms with Crippen LogP contribution in [0, 0.1) is 5.92 Å². The van der Waals surface area contributed by atoms with Gasteiger partial charge in [0.2, 0.25) is 5.91 Å². The highest BCUT2D eigenvalue weighted by atomic mass is 16.2. The third-order valence-electron chi connectivity index (χ3n) is 5.85. The summed E-state index contributed by atoms with van der Waals surface area (Å²) in [4.78, 5) is 27.3. The van der Waals surface area contributed by atoms with Crippen molar-refractivity contribution in [3.63, 3.8) is 0 Å². The molecule has 1 saturated carbocycles. The molecule has 1 aliphatic carbocycles. The molecular formula is C18H23N3O2. The van der Waals surface area contributed by atoms with E-state index in [0.29, 0.717) is 12.5 Å². The first-order valence-electron chi connectivity index (χ1n) is 8.60. The quantitative estimate of drug-likeness (QED) is 0.864. The number of amides is 3. The van der Waals surface area contributed by atoms with Gasteiger partial charge < -0.3 is 5.32 Å². The van der Waals surface area contributed by atoms with Gasteiger partial charge in [-0.15, -0.1) is 0 Å². The predicted octanol–water partition coefficient (Wildman–Crippen LogP) is 1.94. The fourth-order valence-corrected chi connectivity index (χ4v) is 4.69. The number of benzene rings is 1. The van der Waals surface area contributed by atoms with E-state index in [4.69, 9.17) is 0 Å². The maximum Gasteiger partial charge on any atom is 0.324 e. The molecule has 1 N–H and O–H groups in total. The van der Waals surface area contributed by atoms with Gasteiger partial charge in [-0.3, -0.25) is 14.6 Å². The van der Waals surface area contributed by atoms with Crippen molar-refractivity contribution in [3.8, 4) is 0 Å². The molecule has 1 aromatic rings. The molecular weight excluding hydrogens is 290 g/mol. The number of fused-ring (bicyclic) bond motifs is 1. The summed E-state index contributed by atoms with van der Waals surface area (Å²) < 4.78 is 0. The molecule has 0 bridgehead atoms. The van der Waals surface area contributed by atoms with Crippen LogP contribution in [0.5, 0.6) is 0 Å². The predicted molar refractivity (Wildman–Crippen MR) is 86.8 cm³/mol. The molecule has 3 amide bonds. The van der Waals surface area contributed by atoms with E-state index in [1.165, 1.54) is 36.1 Å². The minimum atomic E-state index is -0.246. The molecule has 0 unspecified atom stereocenters. The number of nitrogens with zero attached hydrogens (tertiary/aromatic N) is 2. The van der Waals surface area contributed by atoms with Gasteiger partial charge in [0.05, 0.1) is 12.1 Å². The van der Waals surface area contributed by atoms with Gasteiger partial charge in [-0.1, -0.05) is 43.2 Å². The van der Waals surface area contributed by atoms with Crippen LogP contribution in [0.15, 0.2) is 30.3 Å². The summed E-state index contributed by atoms with van der Waals surface area (Å²) in [6.07, 6.45) is 5.04. The lowest BCUT2D eigenvalue weighted by Crippen LogP contribution is -2.66. The van der Waals surface area contributed by atoms with Crippen LogP contribution < -0.4 is 5.32 Å². The monoisotopic (exact) mass is 313 g/mol. The van der Waals surface area contributed by atoms with E-state index in [0.717, 1.165) is 13.1 Å². The third kappa shape index (κ3) is 2.26. The second-order valence-corrected chi connectivity index (χ2v) is 6.88. The summed E-state index contributed by atoms with van der Waals surface area (Å²) >= 11 is 0. The number of carbonyl (C=O) groups is 2. The number of nitrogens with one attached hydrogen (secondary N) is 1. The van der Waals surface area contributed by atoms with Crippen molar-refractivity contribution >= 4 is 11.9 Å². The molecule has 23 heavy (non-hydrogen) atoms. The Labute approximate surface area is 136 Å². The van der Waals surface area contributed by atoms with E-state index in [-0.39, 0.29) is 24.0 Å². The Bertz CT molecular complexity index is 602. The van der Waals surface area contributed by atoms with E-state index in [1.54, 1.807) is 0 Å². The first kappa shape index (κ1) is 14.7. The molecule has 0 aromatic heterocycles. The highest BCUT2D eigenvalue weighted by Gasteiger charge is 2.54. The second-order valence-electron chi connectivity index (χ2n) is 6.88. The Morgan fingerprint density at radius 1 is 1.13 bits per heavy atom. The lowest BCUT2D eigenvalue weighted by Gasteiger charge is -2.62. The number of rotatable bonds is 4. The van der Waals surface area contributed by atoms with Crippen molar-refractivity contribution in [1.82, 2.24) is 15.1 Å². The van der Waals surface area contributed by atoms with Crippen LogP contribution >= 0.6 is 0 Å². The molecule has 4 rings (SSSR count). The minimum Gasteiger partial charge on any atom is -0.329 e. The van der Waals surface area contributed by atoms with Crippen LogP contribution in [0.25, 0.3) is 0 Å². The lowest BCUT2D eigenvalue weighted by atomic mass is 9.62. The molecule has 3 aliphatic rings. The van der Waals surface area contributed by atoms with E-state index >= 15 is 0 Å². The topological polar surface area (TPSA) is 52.7 Å². The zero-order valence-corrected chi connectivity index (χ0v) is 13.3. The largest absolute Gasteiger partial charge is 0.329 e. The molecule has 2 saturated heterocycles. The molecule has 2 aliphatic heterocycles. The Morgan fingerprint density at radius 2 is 1.96 bits per heavy atom. The van der Waals surface area contributed by atoms with Crippen LogP contribution in [0.3, 0.4) is 0 Å². The van der Waals surface area contributed by atoms with Crippen molar-refractivity contribution in [2.75, 3.05) is 26.2 Å². The van der Waals surface area contributed by atoms with Gasteiger partial charge in [0.1, 0.15) is 0 Å². The average molecular weight is 313 g/mol. The van der Waals surface area contributed by atoms with Crippen LogP contribution in [0.4, 0.5) is 4.79 Å². The first-order chi connectivity index (χ1) is 11.2. The Hall–Kier alpha value is -1.88. The standard InChI is InChI=1S/C18H23N3O2/c22-16-12-19-17(23)21(16)11-10-20-13-15-8-4-5-9-18(15,20)14-6-2-1-3-7-14/h1-3,6-7,15H,4-5,8-13H2,(H,19,23)/t15-,18-/m0/s1. The van der Waals surface area contributed by atoms with Crippen LogP contribution in [0.2, 0.25) is 0 Å². The van der Waals surface area contributed by atoms with Crippen LogP contribution in [-0.2, 0) is 10.3 Å². The summed E-state index contributed by atoms with van der Waals surface area (Å²) in [5, 5.41) is 2.60. The number of likely N-dealkylation sites (tertiary alicyclic amines) is 1. The molecule has 3 fully saturated rings. The Balaban J connectivity index is 1.52. The summed E-state index contributed by atoms with van der Waals surface area (Å²) in [5.41, 5.74) is 1.52. The number of hydrogen-bond donors (Lipinski definition) is 1. The fraction of sp³-hybridized carbons (Fsp3) is 0.556. The van der Waals surface area contributed by atoms with Crippen molar-refractivity contribution in [2.24, 2.45) is 5.92 Å². The number of urea groups is 1. The van der Waals surface area contributed by atoms with Gasteiger partial charge in [-0.05, 0) is 24.3 Å². The maximum atomic E-state index is 11.8. The van der Waals surface area contributed by atoms with Gasteiger partial charge in [-0.25, -0.2) is 4.79 Å². The summed E-state index contributed by atoms with van der Waals surface area (Å²) in [6.45, 7) is 2.49. The molecule has 2 atom stereocenters. The number of imide groups is 1. The van der Waals surface area contributed by atoms with Gasteiger partial charge in [-0.2, -0.15) is 0 Å². The minimum absolute atomic E-state index is 0.107. The third-order valence-corrected chi connectivity index (χ3v) is 5.85. The van der Waals surface area contributed by atoms with E-state index < -0.39 is 0 Å². The van der Waals surface area contributed by atoms with Crippen molar-refractivity contribution in [1.29, 1.82) is 0 Å². The van der Waals surface area contributed by atoms with E-state index in [9.17, 15) is 9.59 Å². The molecule has 2 heterocycles. The number of carbonyl (C=O) groups excluding carboxylic acids is 2. The fourth-order valence-electron chi connectivity index (χ4n) is 4.69. The maximum absolute atomic E-state index is 11.8. The normalized spacial score (nSPS) is 30.8. The van der Waals surface area contributed by atoms with Crippen molar-refractivity contribution < 1.29 is 9.59 Å². The summed E-state index contributed by atoms with van der Waals surface area (Å²) in [7, 11) is 0. The molecule has 1 aromatic carbocycles. The SMILES string of the molecule is O=C1CNC(=O)N1CCN1C[C@@H]2CCCC[C@]21c1ccccc1. The van der Waals surface area contributed by atoms with Gasteiger partial charge >= 0.3 is 6.03 Å². The number of hydrogen-bond acceptors (Lipinski definition) is 3. The average Bonchev–Trinajstić information content (AvgIpc) is 2.88. The van der Waals surface area contributed by atoms with Crippen molar-refractivity contribution in [3.05, 3.63) is 35.9 Å². The first-order valence-corrected chi connectivity index (χ1v) is 8.60. The Kier molecular flexibility index (Phi) is 3.60. The smallest absolute Gasteiger partial charge is 0.324 e. The zero-order chi connectivity index (χ0) is 15.9. The summed E-state index contributed by atoms with van der Waals surface area (Å²) in [6, 6.07) is 10.5. The second kappa shape index (κ2) is 5.64. The molecule has 0 radical (unpaired) electrons. The van der Waals surface area contributed by atoms with Crippen molar-refractivity contribution in [2.45, 2.75) is 31.2 Å². The molecule has 5 heteroatoms. The van der Waals surface area contributed by atoms with Crippen LogP contribution in [-0.4, -0.2) is 47.9 Å².